The van der Waals surface area contributed by atoms with E-state index in [1.54, 1.807) is 11.3 Å². The lowest BCUT2D eigenvalue weighted by Crippen LogP contribution is -2.35. The normalized spacial score (nSPS) is 17.8. The molecular weight excluding hydrogens is 234 g/mol. The van der Waals surface area contributed by atoms with Crippen molar-refractivity contribution in [2.75, 3.05) is 23.7 Å². The Bertz CT molecular complexity index is 532. The van der Waals surface area contributed by atoms with Crippen LogP contribution in [0, 0.1) is 0 Å². The molecule has 17 heavy (non-hydrogen) atoms. The second-order valence-corrected chi connectivity index (χ2v) is 5.45. The SMILES string of the molecule is Nc1ccc2sc(N3CCC(O)CC3)nc2c1. The van der Waals surface area contributed by atoms with Gasteiger partial charge in [0.25, 0.3) is 0 Å². The Morgan fingerprint density at radius 2 is 2.12 bits per heavy atom. The molecule has 0 atom stereocenters. The molecule has 0 unspecified atom stereocenters. The third-order valence-electron chi connectivity index (χ3n) is 3.14. The molecule has 1 aromatic carbocycles. The number of fused-ring (bicyclic) bond motifs is 1. The van der Waals surface area contributed by atoms with Gasteiger partial charge in [0.2, 0.25) is 0 Å². The number of nitrogen functional groups attached to an aromatic ring is 1. The molecule has 5 heteroatoms. The first-order valence-corrected chi connectivity index (χ1v) is 6.63. The summed E-state index contributed by atoms with van der Waals surface area (Å²) in [6.45, 7) is 1.77. The molecule has 0 radical (unpaired) electrons. The van der Waals surface area contributed by atoms with E-state index < -0.39 is 0 Å². The molecule has 0 bridgehead atoms. The Balaban J connectivity index is 1.90. The van der Waals surface area contributed by atoms with Gasteiger partial charge in [0, 0.05) is 18.8 Å². The summed E-state index contributed by atoms with van der Waals surface area (Å²) in [5.74, 6) is 0. The Hall–Kier alpha value is -1.33. The summed E-state index contributed by atoms with van der Waals surface area (Å²) in [5, 5.41) is 10.5. The molecule has 1 fully saturated rings. The van der Waals surface area contributed by atoms with Crippen molar-refractivity contribution in [1.82, 2.24) is 4.98 Å². The topological polar surface area (TPSA) is 62.4 Å². The third-order valence-corrected chi connectivity index (χ3v) is 4.23. The maximum atomic E-state index is 9.49. The highest BCUT2D eigenvalue weighted by molar-refractivity contribution is 7.22. The van der Waals surface area contributed by atoms with Crippen molar-refractivity contribution >= 4 is 32.4 Å². The molecule has 0 amide bonds. The summed E-state index contributed by atoms with van der Waals surface area (Å²) >= 11 is 1.69. The van der Waals surface area contributed by atoms with Crippen molar-refractivity contribution in [3.05, 3.63) is 18.2 Å². The first-order valence-electron chi connectivity index (χ1n) is 5.81. The summed E-state index contributed by atoms with van der Waals surface area (Å²) in [7, 11) is 0. The number of rotatable bonds is 1. The van der Waals surface area contributed by atoms with E-state index in [4.69, 9.17) is 5.73 Å². The van der Waals surface area contributed by atoms with Crippen LogP contribution in [0.15, 0.2) is 18.2 Å². The van der Waals surface area contributed by atoms with Gasteiger partial charge in [0.1, 0.15) is 0 Å². The van der Waals surface area contributed by atoms with Crippen LogP contribution < -0.4 is 10.6 Å². The quantitative estimate of drug-likeness (QED) is 0.757. The lowest BCUT2D eigenvalue weighted by molar-refractivity contribution is 0.145. The first kappa shape index (κ1) is 10.8. The molecule has 3 rings (SSSR count). The second kappa shape index (κ2) is 4.16. The minimum atomic E-state index is -0.142. The van der Waals surface area contributed by atoms with E-state index in [9.17, 15) is 5.11 Å². The van der Waals surface area contributed by atoms with E-state index in [0.717, 1.165) is 42.3 Å². The van der Waals surface area contributed by atoms with Gasteiger partial charge in [-0.15, -0.1) is 0 Å². The largest absolute Gasteiger partial charge is 0.399 e. The highest BCUT2D eigenvalue weighted by Crippen LogP contribution is 2.31. The van der Waals surface area contributed by atoms with Crippen molar-refractivity contribution in [3.8, 4) is 0 Å². The molecule has 4 nitrogen and oxygen atoms in total. The molecule has 1 saturated heterocycles. The molecule has 2 aromatic rings. The van der Waals surface area contributed by atoms with Gasteiger partial charge in [-0.25, -0.2) is 4.98 Å². The van der Waals surface area contributed by atoms with Crippen molar-refractivity contribution in [3.63, 3.8) is 0 Å². The Labute approximate surface area is 104 Å². The van der Waals surface area contributed by atoms with Crippen LogP contribution in [-0.4, -0.2) is 29.3 Å². The molecule has 90 valence electrons. The van der Waals surface area contributed by atoms with E-state index in [2.05, 4.69) is 9.88 Å². The lowest BCUT2D eigenvalue weighted by atomic mass is 10.1. The highest BCUT2D eigenvalue weighted by atomic mass is 32.1. The van der Waals surface area contributed by atoms with Gasteiger partial charge in [-0.3, -0.25) is 0 Å². The highest BCUT2D eigenvalue weighted by Gasteiger charge is 2.19. The molecule has 1 aliphatic heterocycles. The zero-order valence-corrected chi connectivity index (χ0v) is 10.3. The minimum Gasteiger partial charge on any atom is -0.399 e. The van der Waals surface area contributed by atoms with Crippen LogP contribution in [0.2, 0.25) is 0 Å². The number of aliphatic hydroxyl groups is 1. The number of aromatic nitrogens is 1. The maximum absolute atomic E-state index is 9.49. The van der Waals surface area contributed by atoms with Crippen LogP contribution in [-0.2, 0) is 0 Å². The standard InChI is InChI=1S/C12H15N3OS/c13-8-1-2-11-10(7-8)14-12(17-11)15-5-3-9(16)4-6-15/h1-2,7,9,16H,3-6,13H2. The Morgan fingerprint density at radius 1 is 1.35 bits per heavy atom. The fourth-order valence-corrected chi connectivity index (χ4v) is 3.12. The molecule has 0 saturated carbocycles. The minimum absolute atomic E-state index is 0.142. The summed E-state index contributed by atoms with van der Waals surface area (Å²) in [5.41, 5.74) is 7.47. The van der Waals surface area contributed by atoms with E-state index >= 15 is 0 Å². The Kier molecular flexibility index (Phi) is 2.64. The van der Waals surface area contributed by atoms with E-state index in [-0.39, 0.29) is 6.10 Å². The molecular formula is C12H15N3OS. The molecule has 1 aromatic heterocycles. The predicted molar refractivity (Wildman–Crippen MR) is 71.5 cm³/mol. The zero-order chi connectivity index (χ0) is 11.8. The average Bonchev–Trinajstić information content (AvgIpc) is 2.72. The maximum Gasteiger partial charge on any atom is 0.186 e. The van der Waals surface area contributed by atoms with Crippen LogP contribution in [0.1, 0.15) is 12.8 Å². The number of thiazole rings is 1. The third kappa shape index (κ3) is 2.08. The van der Waals surface area contributed by atoms with E-state index in [1.165, 1.54) is 4.70 Å². The van der Waals surface area contributed by atoms with Crippen LogP contribution in [0.3, 0.4) is 0 Å². The predicted octanol–water partition coefficient (Wildman–Crippen LogP) is 1.84. The second-order valence-electron chi connectivity index (χ2n) is 4.44. The number of nitrogens with two attached hydrogens (primary N) is 1. The number of aliphatic hydroxyl groups excluding tert-OH is 1. The van der Waals surface area contributed by atoms with Crippen LogP contribution in [0.25, 0.3) is 10.2 Å². The van der Waals surface area contributed by atoms with Crippen molar-refractivity contribution in [2.24, 2.45) is 0 Å². The van der Waals surface area contributed by atoms with Gasteiger partial charge in [0.15, 0.2) is 5.13 Å². The number of benzene rings is 1. The zero-order valence-electron chi connectivity index (χ0n) is 9.47. The average molecular weight is 249 g/mol. The molecule has 0 spiro atoms. The van der Waals surface area contributed by atoms with Crippen LogP contribution in [0.4, 0.5) is 10.8 Å². The van der Waals surface area contributed by atoms with Gasteiger partial charge in [-0.05, 0) is 31.0 Å². The van der Waals surface area contributed by atoms with Gasteiger partial charge < -0.3 is 15.7 Å². The van der Waals surface area contributed by atoms with Crippen molar-refractivity contribution in [2.45, 2.75) is 18.9 Å². The summed E-state index contributed by atoms with van der Waals surface area (Å²) in [6.07, 6.45) is 1.52. The van der Waals surface area contributed by atoms with Crippen LogP contribution >= 0.6 is 11.3 Å². The molecule has 1 aliphatic rings. The van der Waals surface area contributed by atoms with E-state index in [0.29, 0.717) is 0 Å². The van der Waals surface area contributed by atoms with Crippen LogP contribution in [0.5, 0.6) is 0 Å². The molecule has 0 aliphatic carbocycles. The smallest absolute Gasteiger partial charge is 0.186 e. The van der Waals surface area contributed by atoms with E-state index in [1.807, 2.05) is 18.2 Å². The number of hydrogen-bond acceptors (Lipinski definition) is 5. The van der Waals surface area contributed by atoms with Crippen molar-refractivity contribution in [1.29, 1.82) is 0 Å². The Morgan fingerprint density at radius 3 is 2.88 bits per heavy atom. The number of hydrogen-bond donors (Lipinski definition) is 2. The fourth-order valence-electron chi connectivity index (χ4n) is 2.12. The molecule has 3 N–H and O–H groups in total. The fraction of sp³-hybridized carbons (Fsp3) is 0.417. The number of anilines is 2. The van der Waals surface area contributed by atoms with Gasteiger partial charge >= 0.3 is 0 Å². The van der Waals surface area contributed by atoms with Gasteiger partial charge in [-0.1, -0.05) is 11.3 Å². The summed E-state index contributed by atoms with van der Waals surface area (Å²) in [6, 6.07) is 5.84. The van der Waals surface area contributed by atoms with Crippen molar-refractivity contribution < 1.29 is 5.11 Å². The number of nitrogens with zero attached hydrogens (tertiary/aromatic N) is 2. The number of piperidine rings is 1. The summed E-state index contributed by atoms with van der Waals surface area (Å²) in [4.78, 5) is 6.85. The van der Waals surface area contributed by atoms with Gasteiger partial charge in [0.05, 0.1) is 16.3 Å². The van der Waals surface area contributed by atoms with Gasteiger partial charge in [-0.2, -0.15) is 0 Å². The lowest BCUT2D eigenvalue weighted by Gasteiger charge is -2.28. The molecule has 2 heterocycles. The summed E-state index contributed by atoms with van der Waals surface area (Å²) < 4.78 is 1.17. The monoisotopic (exact) mass is 249 g/mol. The first-order chi connectivity index (χ1) is 8.22.